The van der Waals surface area contributed by atoms with Crippen molar-refractivity contribution in [1.29, 1.82) is 0 Å². The highest BCUT2D eigenvalue weighted by Crippen LogP contribution is 2.19. The lowest BCUT2D eigenvalue weighted by molar-refractivity contribution is 0.596. The molecule has 1 aromatic rings. The Labute approximate surface area is 115 Å². The number of benzene rings is 1. The molecular weight excluding hydrogens is 249 g/mol. The maximum Gasteiger partial charge on any atom is 0.141 e. The molecular formula is C15H23ClFN. The van der Waals surface area contributed by atoms with Crippen LogP contribution in [0.3, 0.4) is 0 Å². The van der Waals surface area contributed by atoms with Gasteiger partial charge in [-0.25, -0.2) is 4.39 Å². The highest BCUT2D eigenvalue weighted by molar-refractivity contribution is 6.31. The van der Waals surface area contributed by atoms with Crippen LogP contribution in [0, 0.1) is 5.82 Å². The second kappa shape index (κ2) is 9.21. The monoisotopic (exact) mass is 271 g/mol. The second-order valence-electron chi connectivity index (χ2n) is 4.68. The molecule has 0 aliphatic carbocycles. The van der Waals surface area contributed by atoms with Gasteiger partial charge in [0.25, 0.3) is 0 Å². The molecule has 0 saturated heterocycles. The quantitative estimate of drug-likeness (QED) is 0.573. The number of halogens is 2. The van der Waals surface area contributed by atoms with Gasteiger partial charge in [0.15, 0.2) is 0 Å². The zero-order chi connectivity index (χ0) is 13.2. The molecule has 0 spiro atoms. The summed E-state index contributed by atoms with van der Waals surface area (Å²) in [6.45, 7) is 3.16. The number of anilines is 1. The van der Waals surface area contributed by atoms with E-state index in [0.29, 0.717) is 0 Å². The van der Waals surface area contributed by atoms with E-state index in [1.807, 2.05) is 0 Å². The average Bonchev–Trinajstić information content (AvgIpc) is 2.37. The van der Waals surface area contributed by atoms with Crippen molar-refractivity contribution in [2.24, 2.45) is 0 Å². The molecule has 0 atom stereocenters. The standard InChI is InChI=1S/C15H23ClFN/c1-2-3-4-5-6-7-8-11-18-13-9-10-15(17)14(16)12-13/h9-10,12,18H,2-8,11H2,1H3. The molecule has 0 saturated carbocycles. The minimum atomic E-state index is -0.363. The van der Waals surface area contributed by atoms with E-state index in [-0.39, 0.29) is 10.8 Å². The van der Waals surface area contributed by atoms with Crippen molar-refractivity contribution in [2.45, 2.75) is 51.9 Å². The third-order valence-electron chi connectivity index (χ3n) is 3.03. The summed E-state index contributed by atoms with van der Waals surface area (Å²) in [5.41, 5.74) is 0.896. The van der Waals surface area contributed by atoms with Crippen LogP contribution in [0.2, 0.25) is 5.02 Å². The fourth-order valence-corrected chi connectivity index (χ4v) is 2.10. The van der Waals surface area contributed by atoms with Crippen molar-refractivity contribution in [3.63, 3.8) is 0 Å². The van der Waals surface area contributed by atoms with Gasteiger partial charge in [-0.05, 0) is 24.6 Å². The summed E-state index contributed by atoms with van der Waals surface area (Å²) in [5.74, 6) is -0.363. The average molecular weight is 272 g/mol. The first-order chi connectivity index (χ1) is 8.74. The molecule has 0 aliphatic rings. The Morgan fingerprint density at radius 3 is 2.39 bits per heavy atom. The van der Waals surface area contributed by atoms with Gasteiger partial charge in [-0.1, -0.05) is 57.0 Å². The molecule has 0 radical (unpaired) electrons. The Hall–Kier alpha value is -0.760. The van der Waals surface area contributed by atoms with Crippen LogP contribution in [0.15, 0.2) is 18.2 Å². The van der Waals surface area contributed by atoms with Gasteiger partial charge in [0.1, 0.15) is 5.82 Å². The first-order valence-electron chi connectivity index (χ1n) is 6.93. The smallest absolute Gasteiger partial charge is 0.141 e. The van der Waals surface area contributed by atoms with Gasteiger partial charge in [0.2, 0.25) is 0 Å². The van der Waals surface area contributed by atoms with Crippen LogP contribution in [0.5, 0.6) is 0 Å². The summed E-state index contributed by atoms with van der Waals surface area (Å²) in [5, 5.41) is 3.44. The van der Waals surface area contributed by atoms with Crippen molar-refractivity contribution in [1.82, 2.24) is 0 Å². The summed E-state index contributed by atoms with van der Waals surface area (Å²) in [4.78, 5) is 0. The maximum atomic E-state index is 12.9. The van der Waals surface area contributed by atoms with Crippen LogP contribution in [-0.2, 0) is 0 Å². The molecule has 1 aromatic carbocycles. The Bertz CT molecular complexity index is 341. The molecule has 1 rings (SSSR count). The number of nitrogens with one attached hydrogen (secondary N) is 1. The minimum Gasteiger partial charge on any atom is -0.385 e. The Morgan fingerprint density at radius 1 is 1.06 bits per heavy atom. The largest absolute Gasteiger partial charge is 0.385 e. The lowest BCUT2D eigenvalue weighted by Crippen LogP contribution is -2.01. The predicted molar refractivity (Wildman–Crippen MR) is 77.9 cm³/mol. The Kier molecular flexibility index (Phi) is 7.83. The molecule has 0 bridgehead atoms. The first kappa shape index (κ1) is 15.3. The summed E-state index contributed by atoms with van der Waals surface area (Å²) < 4.78 is 12.9. The van der Waals surface area contributed by atoms with Crippen molar-refractivity contribution in [3.05, 3.63) is 29.0 Å². The Morgan fingerprint density at radius 2 is 1.72 bits per heavy atom. The topological polar surface area (TPSA) is 12.0 Å². The number of unbranched alkanes of at least 4 members (excludes halogenated alkanes) is 6. The molecule has 3 heteroatoms. The summed E-state index contributed by atoms with van der Waals surface area (Å²) in [6, 6.07) is 4.76. The highest BCUT2D eigenvalue weighted by atomic mass is 35.5. The third-order valence-corrected chi connectivity index (χ3v) is 3.32. The predicted octanol–water partition coefficient (Wildman–Crippen LogP) is 5.64. The van der Waals surface area contributed by atoms with Crippen molar-refractivity contribution in [3.8, 4) is 0 Å². The van der Waals surface area contributed by atoms with Crippen molar-refractivity contribution >= 4 is 17.3 Å². The molecule has 1 nitrogen and oxygen atoms in total. The second-order valence-corrected chi connectivity index (χ2v) is 5.08. The van der Waals surface area contributed by atoms with E-state index < -0.39 is 0 Å². The van der Waals surface area contributed by atoms with E-state index in [9.17, 15) is 4.39 Å². The van der Waals surface area contributed by atoms with Crippen LogP contribution in [0.4, 0.5) is 10.1 Å². The van der Waals surface area contributed by atoms with E-state index in [0.717, 1.165) is 18.7 Å². The minimum absolute atomic E-state index is 0.180. The molecule has 0 amide bonds. The summed E-state index contributed by atoms with van der Waals surface area (Å²) >= 11 is 5.71. The highest BCUT2D eigenvalue weighted by Gasteiger charge is 1.99. The van der Waals surface area contributed by atoms with Crippen LogP contribution in [0.1, 0.15) is 51.9 Å². The number of hydrogen-bond donors (Lipinski definition) is 1. The first-order valence-corrected chi connectivity index (χ1v) is 7.30. The van der Waals surface area contributed by atoms with Gasteiger partial charge in [0.05, 0.1) is 5.02 Å². The number of hydrogen-bond acceptors (Lipinski definition) is 1. The lowest BCUT2D eigenvalue weighted by Gasteiger charge is -2.07. The SMILES string of the molecule is CCCCCCCCCNc1ccc(F)c(Cl)c1. The fraction of sp³-hybridized carbons (Fsp3) is 0.600. The van der Waals surface area contributed by atoms with E-state index in [4.69, 9.17) is 11.6 Å². The molecule has 0 aromatic heterocycles. The van der Waals surface area contributed by atoms with Crippen LogP contribution >= 0.6 is 11.6 Å². The molecule has 0 fully saturated rings. The third kappa shape index (κ3) is 6.25. The van der Waals surface area contributed by atoms with Crippen LogP contribution < -0.4 is 5.32 Å². The van der Waals surface area contributed by atoms with Gasteiger partial charge in [-0.2, -0.15) is 0 Å². The van der Waals surface area contributed by atoms with Gasteiger partial charge in [0, 0.05) is 12.2 Å². The van der Waals surface area contributed by atoms with E-state index in [1.54, 1.807) is 12.1 Å². The molecule has 18 heavy (non-hydrogen) atoms. The van der Waals surface area contributed by atoms with Crippen molar-refractivity contribution < 1.29 is 4.39 Å². The Balaban J connectivity index is 2.05. The van der Waals surface area contributed by atoms with Crippen LogP contribution in [-0.4, -0.2) is 6.54 Å². The fourth-order valence-electron chi connectivity index (χ4n) is 1.92. The zero-order valence-corrected chi connectivity index (χ0v) is 11.9. The zero-order valence-electron chi connectivity index (χ0n) is 11.1. The molecule has 0 heterocycles. The lowest BCUT2D eigenvalue weighted by atomic mass is 10.1. The van der Waals surface area contributed by atoms with Gasteiger partial charge >= 0.3 is 0 Å². The van der Waals surface area contributed by atoms with E-state index in [1.165, 1.54) is 44.6 Å². The summed E-state index contributed by atoms with van der Waals surface area (Å²) in [7, 11) is 0. The van der Waals surface area contributed by atoms with Gasteiger partial charge in [-0.15, -0.1) is 0 Å². The summed E-state index contributed by atoms with van der Waals surface area (Å²) in [6.07, 6.45) is 9.07. The number of rotatable bonds is 9. The molecule has 0 aliphatic heterocycles. The normalized spacial score (nSPS) is 10.6. The van der Waals surface area contributed by atoms with Gasteiger partial charge in [-0.3, -0.25) is 0 Å². The maximum absolute atomic E-state index is 12.9. The van der Waals surface area contributed by atoms with Crippen LogP contribution in [0.25, 0.3) is 0 Å². The molecule has 102 valence electrons. The molecule has 1 N–H and O–H groups in total. The van der Waals surface area contributed by atoms with Gasteiger partial charge < -0.3 is 5.32 Å². The van der Waals surface area contributed by atoms with E-state index in [2.05, 4.69) is 12.2 Å². The van der Waals surface area contributed by atoms with E-state index >= 15 is 0 Å². The van der Waals surface area contributed by atoms with Crippen molar-refractivity contribution in [2.75, 3.05) is 11.9 Å². The molecule has 0 unspecified atom stereocenters.